The molecule has 0 atom stereocenters. The second kappa shape index (κ2) is 5.58. The monoisotopic (exact) mass is 240 g/mol. The van der Waals surface area contributed by atoms with Gasteiger partial charge in [-0.05, 0) is 36.6 Å². The van der Waals surface area contributed by atoms with Gasteiger partial charge < -0.3 is 10.6 Å². The summed E-state index contributed by atoms with van der Waals surface area (Å²) in [4.78, 5) is 2.28. The third kappa shape index (κ3) is 2.83. The van der Waals surface area contributed by atoms with Crippen LogP contribution in [-0.4, -0.2) is 13.6 Å². The fourth-order valence-electron chi connectivity index (χ4n) is 2.16. The van der Waals surface area contributed by atoms with Crippen LogP contribution in [0.3, 0.4) is 0 Å². The number of nitrogens with zero attached hydrogens (tertiary/aromatic N) is 1. The highest BCUT2D eigenvalue weighted by Crippen LogP contribution is 2.19. The van der Waals surface area contributed by atoms with E-state index in [0.717, 1.165) is 18.7 Å². The lowest BCUT2D eigenvalue weighted by Crippen LogP contribution is -2.21. The predicted molar refractivity (Wildman–Crippen MR) is 79.0 cm³/mol. The van der Waals surface area contributed by atoms with Gasteiger partial charge in [-0.15, -0.1) is 0 Å². The van der Waals surface area contributed by atoms with E-state index >= 15 is 0 Å². The van der Waals surface area contributed by atoms with E-state index in [0.29, 0.717) is 0 Å². The lowest BCUT2D eigenvalue weighted by atomic mass is 10.1. The number of rotatable bonds is 4. The Bertz CT molecular complexity index is 520. The normalized spacial score (nSPS) is 10.3. The molecule has 0 spiro atoms. The van der Waals surface area contributed by atoms with Crippen molar-refractivity contribution >= 4 is 11.4 Å². The number of hydrogen-bond acceptors (Lipinski definition) is 2. The van der Waals surface area contributed by atoms with Gasteiger partial charge in [-0.3, -0.25) is 0 Å². The Kier molecular flexibility index (Phi) is 3.88. The summed E-state index contributed by atoms with van der Waals surface area (Å²) in [6.07, 6.45) is 0.970. The van der Waals surface area contributed by atoms with Gasteiger partial charge in [0.25, 0.3) is 0 Å². The topological polar surface area (TPSA) is 29.3 Å². The number of aryl methyl sites for hydroxylation is 1. The Balaban J connectivity index is 2.03. The van der Waals surface area contributed by atoms with Crippen LogP contribution in [0.25, 0.3) is 0 Å². The summed E-state index contributed by atoms with van der Waals surface area (Å²) in [5.74, 6) is 0. The molecule has 0 fully saturated rings. The molecule has 0 radical (unpaired) electrons. The Morgan fingerprint density at radius 3 is 2.39 bits per heavy atom. The summed E-state index contributed by atoms with van der Waals surface area (Å²) in [6.45, 7) is 3.11. The fraction of sp³-hybridized carbons (Fsp3) is 0.250. The van der Waals surface area contributed by atoms with Gasteiger partial charge in [-0.2, -0.15) is 0 Å². The summed E-state index contributed by atoms with van der Waals surface area (Å²) >= 11 is 0. The van der Waals surface area contributed by atoms with Crippen LogP contribution in [0.5, 0.6) is 0 Å². The summed E-state index contributed by atoms with van der Waals surface area (Å²) in [7, 11) is 2.13. The molecule has 0 aliphatic carbocycles. The zero-order valence-electron chi connectivity index (χ0n) is 11.1. The van der Waals surface area contributed by atoms with Crippen LogP contribution in [-0.2, 0) is 6.42 Å². The SMILES string of the molecule is Cc1ccccc1N(C)CCc1ccccc1N. The molecular weight excluding hydrogens is 220 g/mol. The summed E-state index contributed by atoms with van der Waals surface area (Å²) in [6, 6.07) is 16.5. The Labute approximate surface area is 109 Å². The van der Waals surface area contributed by atoms with E-state index in [1.54, 1.807) is 0 Å². The first-order chi connectivity index (χ1) is 8.68. The van der Waals surface area contributed by atoms with Crippen molar-refractivity contribution in [3.8, 4) is 0 Å². The van der Waals surface area contributed by atoms with Gasteiger partial charge in [0.05, 0.1) is 0 Å². The average Bonchev–Trinajstić information content (AvgIpc) is 2.38. The molecule has 2 aromatic rings. The van der Waals surface area contributed by atoms with Crippen LogP contribution in [0.1, 0.15) is 11.1 Å². The molecule has 2 heteroatoms. The zero-order valence-corrected chi connectivity index (χ0v) is 11.1. The first-order valence-electron chi connectivity index (χ1n) is 6.28. The van der Waals surface area contributed by atoms with Crippen LogP contribution in [0.15, 0.2) is 48.5 Å². The number of nitrogens with two attached hydrogens (primary N) is 1. The van der Waals surface area contributed by atoms with Crippen molar-refractivity contribution in [2.24, 2.45) is 0 Å². The molecule has 2 rings (SSSR count). The minimum atomic E-state index is 0.885. The van der Waals surface area contributed by atoms with E-state index in [4.69, 9.17) is 5.73 Å². The van der Waals surface area contributed by atoms with Crippen LogP contribution < -0.4 is 10.6 Å². The number of benzene rings is 2. The van der Waals surface area contributed by atoms with Crippen LogP contribution >= 0.6 is 0 Å². The maximum Gasteiger partial charge on any atom is 0.0393 e. The summed E-state index contributed by atoms with van der Waals surface area (Å²) < 4.78 is 0. The van der Waals surface area contributed by atoms with E-state index < -0.39 is 0 Å². The molecule has 2 aromatic carbocycles. The number of hydrogen-bond donors (Lipinski definition) is 1. The fourth-order valence-corrected chi connectivity index (χ4v) is 2.16. The Morgan fingerprint density at radius 2 is 1.67 bits per heavy atom. The zero-order chi connectivity index (χ0) is 13.0. The largest absolute Gasteiger partial charge is 0.399 e. The van der Waals surface area contributed by atoms with Crippen molar-refractivity contribution in [3.05, 3.63) is 59.7 Å². The molecule has 0 saturated heterocycles. The van der Waals surface area contributed by atoms with Crippen molar-refractivity contribution in [3.63, 3.8) is 0 Å². The molecule has 18 heavy (non-hydrogen) atoms. The Hall–Kier alpha value is -1.96. The van der Waals surface area contributed by atoms with Gasteiger partial charge >= 0.3 is 0 Å². The summed E-state index contributed by atoms with van der Waals surface area (Å²) in [5.41, 5.74) is 10.7. The van der Waals surface area contributed by atoms with E-state index in [9.17, 15) is 0 Å². The van der Waals surface area contributed by atoms with E-state index in [2.05, 4.69) is 49.2 Å². The smallest absolute Gasteiger partial charge is 0.0393 e. The minimum Gasteiger partial charge on any atom is -0.399 e. The van der Waals surface area contributed by atoms with Gasteiger partial charge in [-0.1, -0.05) is 36.4 Å². The van der Waals surface area contributed by atoms with Crippen molar-refractivity contribution in [2.75, 3.05) is 24.2 Å². The number of likely N-dealkylation sites (N-methyl/N-ethyl adjacent to an activating group) is 1. The quantitative estimate of drug-likeness (QED) is 0.831. The molecule has 0 unspecified atom stereocenters. The molecule has 2 nitrogen and oxygen atoms in total. The molecule has 2 N–H and O–H groups in total. The highest BCUT2D eigenvalue weighted by molar-refractivity contribution is 5.53. The summed E-state index contributed by atoms with van der Waals surface area (Å²) in [5, 5.41) is 0. The van der Waals surface area contributed by atoms with Crippen molar-refractivity contribution in [1.82, 2.24) is 0 Å². The number of anilines is 2. The number of para-hydroxylation sites is 2. The Morgan fingerprint density at radius 1 is 1.00 bits per heavy atom. The van der Waals surface area contributed by atoms with Crippen molar-refractivity contribution in [1.29, 1.82) is 0 Å². The highest BCUT2D eigenvalue weighted by Gasteiger charge is 2.05. The molecule has 0 aliphatic heterocycles. The van der Waals surface area contributed by atoms with Crippen molar-refractivity contribution < 1.29 is 0 Å². The standard InChI is InChI=1S/C16H20N2/c1-13-7-3-6-10-16(13)18(2)12-11-14-8-4-5-9-15(14)17/h3-10H,11-12,17H2,1-2H3. The first kappa shape index (κ1) is 12.5. The van der Waals surface area contributed by atoms with Crippen LogP contribution in [0.4, 0.5) is 11.4 Å². The molecule has 0 amide bonds. The third-order valence-electron chi connectivity index (χ3n) is 3.30. The lowest BCUT2D eigenvalue weighted by molar-refractivity contribution is 0.874. The van der Waals surface area contributed by atoms with Crippen LogP contribution in [0.2, 0.25) is 0 Å². The molecule has 0 aromatic heterocycles. The van der Waals surface area contributed by atoms with Gasteiger partial charge in [0.1, 0.15) is 0 Å². The maximum atomic E-state index is 5.96. The predicted octanol–water partition coefficient (Wildman–Crippen LogP) is 3.26. The first-order valence-corrected chi connectivity index (χ1v) is 6.28. The van der Waals surface area contributed by atoms with E-state index in [-0.39, 0.29) is 0 Å². The molecule has 94 valence electrons. The van der Waals surface area contributed by atoms with E-state index in [1.165, 1.54) is 16.8 Å². The second-order valence-electron chi connectivity index (χ2n) is 4.66. The molecule has 0 bridgehead atoms. The van der Waals surface area contributed by atoms with Gasteiger partial charge in [0, 0.05) is 25.0 Å². The molecule has 0 saturated carbocycles. The number of nitrogen functional groups attached to an aromatic ring is 1. The highest BCUT2D eigenvalue weighted by atomic mass is 15.1. The van der Waals surface area contributed by atoms with Gasteiger partial charge in [-0.25, -0.2) is 0 Å². The lowest BCUT2D eigenvalue weighted by Gasteiger charge is -2.21. The maximum absolute atomic E-state index is 5.96. The van der Waals surface area contributed by atoms with Crippen LogP contribution in [0, 0.1) is 6.92 Å². The minimum absolute atomic E-state index is 0.885. The second-order valence-corrected chi connectivity index (χ2v) is 4.66. The third-order valence-corrected chi connectivity index (χ3v) is 3.30. The molecule has 0 heterocycles. The molecular formula is C16H20N2. The van der Waals surface area contributed by atoms with Crippen molar-refractivity contribution in [2.45, 2.75) is 13.3 Å². The van der Waals surface area contributed by atoms with Gasteiger partial charge in [0.2, 0.25) is 0 Å². The molecule has 0 aliphatic rings. The average molecular weight is 240 g/mol. The van der Waals surface area contributed by atoms with Gasteiger partial charge in [0.15, 0.2) is 0 Å². The van der Waals surface area contributed by atoms with E-state index in [1.807, 2.05) is 18.2 Å².